The lowest BCUT2D eigenvalue weighted by atomic mass is 9.80. The molecule has 2 unspecified atom stereocenters. The second kappa shape index (κ2) is 10.3. The summed E-state index contributed by atoms with van der Waals surface area (Å²) in [6, 6.07) is 8.40. The number of hydrogen-bond donors (Lipinski definition) is 0. The lowest BCUT2D eigenvalue weighted by Gasteiger charge is -2.25. The van der Waals surface area contributed by atoms with E-state index in [1.165, 1.54) is 22.3 Å². The maximum Gasteiger partial charge on any atom is 0.122 e. The highest BCUT2D eigenvalue weighted by molar-refractivity contribution is 5.81. The lowest BCUT2D eigenvalue weighted by molar-refractivity contribution is 0.420. The van der Waals surface area contributed by atoms with E-state index in [-0.39, 0.29) is 0 Å². The van der Waals surface area contributed by atoms with Gasteiger partial charge in [0.2, 0.25) is 0 Å². The Morgan fingerprint density at radius 3 is 2.23 bits per heavy atom. The fourth-order valence-corrected chi connectivity index (χ4v) is 3.42. The van der Waals surface area contributed by atoms with Gasteiger partial charge < -0.3 is 0 Å². The molecule has 0 spiro atoms. The Kier molecular flexibility index (Phi) is 8.78. The van der Waals surface area contributed by atoms with Gasteiger partial charge in [0.15, 0.2) is 0 Å². The summed E-state index contributed by atoms with van der Waals surface area (Å²) in [6.07, 6.45) is 5.27. The number of benzene rings is 1. The molecule has 0 aliphatic carbocycles. The monoisotopic (exact) mass is 354 g/mol. The Morgan fingerprint density at radius 1 is 1.15 bits per heavy atom. The first-order valence-corrected chi connectivity index (χ1v) is 9.71. The number of halogens is 1. The number of rotatable bonds is 8. The van der Waals surface area contributed by atoms with E-state index in [1.807, 2.05) is 19.1 Å². The minimum atomic E-state index is -1.06. The SMILES string of the molecule is C=C(/C(=C\C)c1ccccc1C(CC)/C(C=C(C)C)=C(/C)CC)C(C)F. The zero-order chi connectivity index (χ0) is 19.9. The second-order valence-electron chi connectivity index (χ2n) is 7.20. The molecule has 1 rings (SSSR count). The Bertz CT molecular complexity index is 709. The number of hydrogen-bond acceptors (Lipinski definition) is 0. The molecule has 0 saturated heterocycles. The Hall–Kier alpha value is -1.89. The fourth-order valence-electron chi connectivity index (χ4n) is 3.42. The molecular weight excluding hydrogens is 319 g/mol. The molecule has 0 radical (unpaired) electrons. The fraction of sp³-hybridized carbons (Fsp3) is 0.440. The van der Waals surface area contributed by atoms with Gasteiger partial charge in [0, 0.05) is 5.92 Å². The van der Waals surface area contributed by atoms with E-state index < -0.39 is 6.17 Å². The predicted octanol–water partition coefficient (Wildman–Crippen LogP) is 8.19. The minimum Gasteiger partial charge on any atom is -0.243 e. The zero-order valence-corrected chi connectivity index (χ0v) is 17.6. The molecule has 0 heterocycles. The summed E-state index contributed by atoms with van der Waals surface area (Å²) in [7, 11) is 0. The summed E-state index contributed by atoms with van der Waals surface area (Å²) >= 11 is 0. The summed E-state index contributed by atoms with van der Waals surface area (Å²) in [6.45, 7) is 18.5. The topological polar surface area (TPSA) is 0 Å². The third kappa shape index (κ3) is 5.30. The van der Waals surface area contributed by atoms with Crippen LogP contribution in [-0.4, -0.2) is 6.17 Å². The van der Waals surface area contributed by atoms with Crippen molar-refractivity contribution in [3.63, 3.8) is 0 Å². The Balaban J connectivity index is 3.64. The maximum atomic E-state index is 14.0. The molecular formula is C25H35F. The van der Waals surface area contributed by atoms with Crippen molar-refractivity contribution in [2.24, 2.45) is 0 Å². The first-order valence-electron chi connectivity index (χ1n) is 9.71. The molecule has 1 aromatic rings. The summed E-state index contributed by atoms with van der Waals surface area (Å²) in [4.78, 5) is 0. The summed E-state index contributed by atoms with van der Waals surface area (Å²) in [5.41, 5.74) is 7.92. The quantitative estimate of drug-likeness (QED) is 0.413. The number of allylic oxidation sites excluding steroid dienone is 7. The lowest BCUT2D eigenvalue weighted by Crippen LogP contribution is -2.08. The molecule has 1 aromatic carbocycles. The molecule has 0 N–H and O–H groups in total. The summed E-state index contributed by atoms with van der Waals surface area (Å²) < 4.78 is 14.0. The van der Waals surface area contributed by atoms with Gasteiger partial charge in [0.05, 0.1) is 0 Å². The predicted molar refractivity (Wildman–Crippen MR) is 115 cm³/mol. The van der Waals surface area contributed by atoms with E-state index in [9.17, 15) is 4.39 Å². The zero-order valence-electron chi connectivity index (χ0n) is 17.6. The standard InChI is InChI=1S/C25H35F/c1-9-18(6)25(16-17(4)5)22(11-3)24-15-13-12-14-23(24)21(10-2)19(7)20(8)26/h10,12-16,20,22H,7,9,11H2,1-6,8H3/b21-10+,25-18-. The van der Waals surface area contributed by atoms with Crippen LogP contribution in [0.1, 0.15) is 78.4 Å². The van der Waals surface area contributed by atoms with Crippen LogP contribution >= 0.6 is 0 Å². The van der Waals surface area contributed by atoms with Gasteiger partial charge in [-0.25, -0.2) is 4.39 Å². The highest BCUT2D eigenvalue weighted by Crippen LogP contribution is 2.38. The van der Waals surface area contributed by atoms with Gasteiger partial charge in [-0.05, 0) is 75.3 Å². The van der Waals surface area contributed by atoms with Crippen molar-refractivity contribution < 1.29 is 4.39 Å². The maximum absolute atomic E-state index is 14.0. The van der Waals surface area contributed by atoms with Crippen molar-refractivity contribution in [2.75, 3.05) is 0 Å². The van der Waals surface area contributed by atoms with Crippen LogP contribution in [0.2, 0.25) is 0 Å². The van der Waals surface area contributed by atoms with E-state index in [4.69, 9.17) is 0 Å². The van der Waals surface area contributed by atoms with Crippen molar-refractivity contribution >= 4 is 5.57 Å². The molecule has 0 aromatic heterocycles. The van der Waals surface area contributed by atoms with E-state index >= 15 is 0 Å². The molecule has 0 bridgehead atoms. The highest BCUT2D eigenvalue weighted by atomic mass is 19.1. The van der Waals surface area contributed by atoms with Crippen LogP contribution in [0, 0.1) is 0 Å². The van der Waals surface area contributed by atoms with Crippen LogP contribution in [-0.2, 0) is 0 Å². The summed E-state index contributed by atoms with van der Waals surface area (Å²) in [5, 5.41) is 0. The first kappa shape index (κ1) is 22.2. The van der Waals surface area contributed by atoms with Gasteiger partial charge in [-0.1, -0.05) is 68.0 Å². The molecule has 0 amide bonds. The second-order valence-corrected chi connectivity index (χ2v) is 7.20. The third-order valence-electron chi connectivity index (χ3n) is 4.99. The first-order chi connectivity index (χ1) is 12.3. The van der Waals surface area contributed by atoms with Crippen LogP contribution in [0.4, 0.5) is 4.39 Å². The largest absolute Gasteiger partial charge is 0.243 e. The molecule has 0 aliphatic heterocycles. The van der Waals surface area contributed by atoms with E-state index in [1.54, 1.807) is 6.92 Å². The number of alkyl halides is 1. The third-order valence-corrected chi connectivity index (χ3v) is 4.99. The molecule has 0 saturated carbocycles. The molecule has 142 valence electrons. The average molecular weight is 355 g/mol. The molecule has 0 fully saturated rings. The van der Waals surface area contributed by atoms with Crippen molar-refractivity contribution in [2.45, 2.75) is 73.4 Å². The van der Waals surface area contributed by atoms with E-state index in [0.29, 0.717) is 11.5 Å². The van der Waals surface area contributed by atoms with Crippen molar-refractivity contribution in [3.05, 3.63) is 76.4 Å². The van der Waals surface area contributed by atoms with Crippen molar-refractivity contribution in [1.29, 1.82) is 0 Å². The van der Waals surface area contributed by atoms with Gasteiger partial charge in [0.1, 0.15) is 6.17 Å². The van der Waals surface area contributed by atoms with Gasteiger partial charge in [0.25, 0.3) is 0 Å². The summed E-state index contributed by atoms with van der Waals surface area (Å²) in [5.74, 6) is 0.290. The van der Waals surface area contributed by atoms with Gasteiger partial charge >= 0.3 is 0 Å². The molecule has 0 aliphatic rings. The van der Waals surface area contributed by atoms with Gasteiger partial charge in [-0.15, -0.1) is 0 Å². The van der Waals surface area contributed by atoms with Gasteiger partial charge in [-0.2, -0.15) is 0 Å². The van der Waals surface area contributed by atoms with Crippen molar-refractivity contribution in [3.8, 4) is 0 Å². The highest BCUT2D eigenvalue weighted by Gasteiger charge is 2.21. The van der Waals surface area contributed by atoms with Crippen LogP contribution in [0.5, 0.6) is 0 Å². The van der Waals surface area contributed by atoms with Gasteiger partial charge in [-0.3, -0.25) is 0 Å². The smallest absolute Gasteiger partial charge is 0.122 e. The Labute approximate surface area is 160 Å². The molecule has 1 heteroatoms. The van der Waals surface area contributed by atoms with Crippen LogP contribution in [0.25, 0.3) is 5.57 Å². The van der Waals surface area contributed by atoms with E-state index in [0.717, 1.165) is 24.0 Å². The van der Waals surface area contributed by atoms with Crippen molar-refractivity contribution in [1.82, 2.24) is 0 Å². The minimum absolute atomic E-state index is 0.290. The molecule has 2 atom stereocenters. The normalized spacial score (nSPS) is 15.2. The Morgan fingerprint density at radius 2 is 1.77 bits per heavy atom. The van der Waals surface area contributed by atoms with E-state index in [2.05, 4.69) is 65.5 Å². The molecule has 0 nitrogen and oxygen atoms in total. The molecule has 26 heavy (non-hydrogen) atoms. The van der Waals surface area contributed by atoms with Crippen LogP contribution in [0.3, 0.4) is 0 Å². The van der Waals surface area contributed by atoms with Crippen LogP contribution < -0.4 is 0 Å². The average Bonchev–Trinajstić information content (AvgIpc) is 2.62. The van der Waals surface area contributed by atoms with Crippen LogP contribution in [0.15, 0.2) is 65.3 Å².